The number of hydrogen-bond acceptors (Lipinski definition) is 2. The summed E-state index contributed by atoms with van der Waals surface area (Å²) < 4.78 is 5.76. The van der Waals surface area contributed by atoms with Gasteiger partial charge in [0.05, 0.1) is 6.10 Å². The maximum Gasteiger partial charge on any atom is 0.225 e. The Kier molecular flexibility index (Phi) is 8.45. The van der Waals surface area contributed by atoms with E-state index in [4.69, 9.17) is 4.74 Å². The van der Waals surface area contributed by atoms with Gasteiger partial charge >= 0.3 is 0 Å². The van der Waals surface area contributed by atoms with Crippen LogP contribution in [0.1, 0.15) is 79.1 Å². The van der Waals surface area contributed by atoms with Crippen molar-refractivity contribution in [1.82, 2.24) is 4.90 Å². The number of amides is 1. The van der Waals surface area contributed by atoms with Crippen LogP contribution in [-0.2, 0) is 9.53 Å². The van der Waals surface area contributed by atoms with Gasteiger partial charge in [0.15, 0.2) is 0 Å². The van der Waals surface area contributed by atoms with E-state index in [1.165, 1.54) is 38.5 Å². The fourth-order valence-corrected chi connectivity index (χ4v) is 3.57. The highest BCUT2D eigenvalue weighted by atomic mass is 16.5. The lowest BCUT2D eigenvalue weighted by Crippen LogP contribution is -2.39. The number of methoxy groups -OCH3 is 1. The Hall–Kier alpha value is -0.570. The molecule has 130 valence electrons. The molecule has 0 saturated carbocycles. The topological polar surface area (TPSA) is 29.5 Å². The third-order valence-corrected chi connectivity index (χ3v) is 5.28. The molecule has 1 saturated heterocycles. The molecule has 0 spiro atoms. The number of hydrogen-bond donors (Lipinski definition) is 0. The molecule has 0 N–H and O–H groups in total. The van der Waals surface area contributed by atoms with E-state index in [9.17, 15) is 4.79 Å². The van der Waals surface area contributed by atoms with Gasteiger partial charge in [0.2, 0.25) is 5.91 Å². The van der Waals surface area contributed by atoms with Crippen LogP contribution in [0.4, 0.5) is 0 Å². The first-order chi connectivity index (χ1) is 10.4. The van der Waals surface area contributed by atoms with E-state index in [0.29, 0.717) is 5.91 Å². The summed E-state index contributed by atoms with van der Waals surface area (Å²) in [5.41, 5.74) is 0.193. The van der Waals surface area contributed by atoms with Crippen LogP contribution in [0.15, 0.2) is 0 Å². The number of carbonyl (C=O) groups excluding carboxylic acids is 1. The maximum atomic E-state index is 12.5. The molecular weight excluding hydrogens is 274 g/mol. The predicted molar refractivity (Wildman–Crippen MR) is 92.9 cm³/mol. The molecule has 1 rings (SSSR count). The normalized spacial score (nSPS) is 19.0. The highest BCUT2D eigenvalue weighted by molar-refractivity contribution is 5.78. The van der Waals surface area contributed by atoms with Gasteiger partial charge in [0, 0.05) is 26.1 Å². The molecule has 1 unspecified atom stereocenters. The summed E-state index contributed by atoms with van der Waals surface area (Å²) in [5, 5.41) is 0. The van der Waals surface area contributed by atoms with Crippen LogP contribution in [-0.4, -0.2) is 37.1 Å². The Labute approximate surface area is 137 Å². The Morgan fingerprint density at radius 1 is 1.18 bits per heavy atom. The second kappa shape index (κ2) is 9.54. The lowest BCUT2D eigenvalue weighted by atomic mass is 9.78. The fraction of sp³-hybridized carbons (Fsp3) is 0.947. The van der Waals surface area contributed by atoms with Crippen molar-refractivity contribution in [3.63, 3.8) is 0 Å². The molecular formula is C19H37NO2. The monoisotopic (exact) mass is 311 g/mol. The van der Waals surface area contributed by atoms with Crippen molar-refractivity contribution in [3.8, 4) is 0 Å². The number of ether oxygens (including phenoxy) is 1. The van der Waals surface area contributed by atoms with Gasteiger partial charge in [-0.2, -0.15) is 0 Å². The predicted octanol–water partition coefficient (Wildman–Crippen LogP) is 4.65. The Balaban J connectivity index is 2.45. The number of nitrogens with zero attached hydrogens (tertiary/aromatic N) is 1. The third kappa shape index (κ3) is 5.91. The van der Waals surface area contributed by atoms with Crippen molar-refractivity contribution >= 4 is 5.91 Å². The minimum Gasteiger partial charge on any atom is -0.381 e. The van der Waals surface area contributed by atoms with Crippen LogP contribution < -0.4 is 0 Å². The first-order valence-electron chi connectivity index (χ1n) is 9.24. The zero-order valence-electron chi connectivity index (χ0n) is 15.5. The van der Waals surface area contributed by atoms with Crippen molar-refractivity contribution in [3.05, 3.63) is 0 Å². The smallest absolute Gasteiger partial charge is 0.225 e. The summed E-state index contributed by atoms with van der Waals surface area (Å²) in [6, 6.07) is 0. The Morgan fingerprint density at radius 2 is 1.82 bits per heavy atom. The van der Waals surface area contributed by atoms with E-state index < -0.39 is 0 Å². The molecule has 0 bridgehead atoms. The fourth-order valence-electron chi connectivity index (χ4n) is 3.57. The molecule has 2 atom stereocenters. The molecule has 0 radical (unpaired) electrons. The molecule has 0 aromatic rings. The van der Waals surface area contributed by atoms with Gasteiger partial charge in [-0.05, 0) is 43.9 Å². The van der Waals surface area contributed by atoms with Gasteiger partial charge in [0.25, 0.3) is 0 Å². The minimum atomic E-state index is 0.123. The lowest BCUT2D eigenvalue weighted by Gasteiger charge is -2.35. The lowest BCUT2D eigenvalue weighted by molar-refractivity contribution is -0.136. The van der Waals surface area contributed by atoms with E-state index in [1.54, 1.807) is 0 Å². The van der Waals surface area contributed by atoms with E-state index in [2.05, 4.69) is 32.6 Å². The minimum absolute atomic E-state index is 0.123. The molecule has 0 aliphatic carbocycles. The first-order valence-corrected chi connectivity index (χ1v) is 9.24. The van der Waals surface area contributed by atoms with Crippen molar-refractivity contribution in [2.24, 2.45) is 11.3 Å². The number of likely N-dealkylation sites (tertiary alicyclic amines) is 1. The van der Waals surface area contributed by atoms with Gasteiger partial charge in [-0.1, -0.05) is 40.5 Å². The van der Waals surface area contributed by atoms with Crippen LogP contribution in [0.2, 0.25) is 0 Å². The standard InChI is InChI=1S/C19H37NO2/c1-6-7-13-19(3,4)17(22-5)12-11-16(2)18(21)20-14-9-8-10-15-20/h16-17H,6-15H2,1-5H3/t16-,17?/m0/s1. The van der Waals surface area contributed by atoms with Crippen molar-refractivity contribution in [1.29, 1.82) is 0 Å². The number of piperidine rings is 1. The van der Waals surface area contributed by atoms with Crippen molar-refractivity contribution in [2.75, 3.05) is 20.2 Å². The molecule has 1 heterocycles. The zero-order valence-corrected chi connectivity index (χ0v) is 15.5. The average Bonchev–Trinajstić information content (AvgIpc) is 2.53. The Morgan fingerprint density at radius 3 is 2.36 bits per heavy atom. The highest BCUT2D eigenvalue weighted by Crippen LogP contribution is 2.33. The summed E-state index contributed by atoms with van der Waals surface area (Å²) in [4.78, 5) is 14.6. The van der Waals surface area contributed by atoms with Crippen LogP contribution in [0, 0.1) is 11.3 Å². The average molecular weight is 312 g/mol. The summed E-state index contributed by atoms with van der Waals surface area (Å²) in [5.74, 6) is 0.471. The van der Waals surface area contributed by atoms with Crippen LogP contribution in [0.3, 0.4) is 0 Å². The highest BCUT2D eigenvalue weighted by Gasteiger charge is 2.30. The van der Waals surface area contributed by atoms with Gasteiger partial charge in [-0.25, -0.2) is 0 Å². The molecule has 0 aromatic heterocycles. The van der Waals surface area contributed by atoms with E-state index >= 15 is 0 Å². The molecule has 1 aliphatic rings. The van der Waals surface area contributed by atoms with Gasteiger partial charge in [-0.3, -0.25) is 4.79 Å². The SMILES string of the molecule is CCCCC(C)(C)C(CC[C@H](C)C(=O)N1CCCCC1)OC. The zero-order chi connectivity index (χ0) is 16.6. The molecule has 1 amide bonds. The Bertz CT molecular complexity index is 321. The van der Waals surface area contributed by atoms with E-state index in [-0.39, 0.29) is 17.4 Å². The molecule has 3 nitrogen and oxygen atoms in total. The van der Waals surface area contributed by atoms with Gasteiger partial charge in [-0.15, -0.1) is 0 Å². The first kappa shape index (κ1) is 19.5. The van der Waals surface area contributed by atoms with E-state index in [1.807, 2.05) is 7.11 Å². The van der Waals surface area contributed by atoms with Crippen LogP contribution in [0.25, 0.3) is 0 Å². The third-order valence-electron chi connectivity index (χ3n) is 5.28. The van der Waals surface area contributed by atoms with Crippen molar-refractivity contribution in [2.45, 2.75) is 85.2 Å². The summed E-state index contributed by atoms with van der Waals surface area (Å²) in [7, 11) is 1.81. The number of carbonyl (C=O) groups is 1. The summed E-state index contributed by atoms with van der Waals surface area (Å²) in [6.45, 7) is 10.8. The van der Waals surface area contributed by atoms with E-state index in [0.717, 1.165) is 25.9 Å². The molecule has 3 heteroatoms. The molecule has 0 aromatic carbocycles. The van der Waals surface area contributed by atoms with Crippen molar-refractivity contribution < 1.29 is 9.53 Å². The van der Waals surface area contributed by atoms with Crippen LogP contribution >= 0.6 is 0 Å². The maximum absolute atomic E-state index is 12.5. The summed E-state index contributed by atoms with van der Waals surface area (Å²) >= 11 is 0. The second-order valence-electron chi connectivity index (χ2n) is 7.68. The molecule has 1 fully saturated rings. The number of rotatable bonds is 9. The largest absolute Gasteiger partial charge is 0.381 e. The summed E-state index contributed by atoms with van der Waals surface area (Å²) in [6.07, 6.45) is 9.44. The quantitative estimate of drug-likeness (QED) is 0.620. The number of unbranched alkanes of at least 4 members (excludes halogenated alkanes) is 1. The van der Waals surface area contributed by atoms with Gasteiger partial charge < -0.3 is 9.64 Å². The molecule has 1 aliphatic heterocycles. The van der Waals surface area contributed by atoms with Crippen LogP contribution in [0.5, 0.6) is 0 Å². The van der Waals surface area contributed by atoms with Gasteiger partial charge in [0.1, 0.15) is 0 Å². The second-order valence-corrected chi connectivity index (χ2v) is 7.68. The molecule has 22 heavy (non-hydrogen) atoms.